The van der Waals surface area contributed by atoms with Crippen LogP contribution in [-0.4, -0.2) is 19.4 Å². The number of rotatable bonds is 4. The molecule has 2 aromatic rings. The maximum atomic E-state index is 11.2. The predicted octanol–water partition coefficient (Wildman–Crippen LogP) is 2.65. The summed E-state index contributed by atoms with van der Waals surface area (Å²) in [6.07, 6.45) is 0.908. The minimum absolute atomic E-state index is 0. The second-order valence-electron chi connectivity index (χ2n) is 3.66. The van der Waals surface area contributed by atoms with Gasteiger partial charge >= 0.3 is 5.97 Å². The van der Waals surface area contributed by atoms with Gasteiger partial charge in [-0.3, -0.25) is 4.79 Å². The molecule has 0 bridgehead atoms. The molecular formula is C15H16O3Ru-6. The number of carbonyl (C=O) groups excluding carboxylic acids is 2. The van der Waals surface area contributed by atoms with Crippen molar-refractivity contribution in [3.8, 4) is 0 Å². The van der Waals surface area contributed by atoms with E-state index in [-0.39, 0.29) is 31.9 Å². The van der Waals surface area contributed by atoms with Gasteiger partial charge in [0.25, 0.3) is 0 Å². The van der Waals surface area contributed by atoms with Crippen molar-refractivity contribution < 1.29 is 33.8 Å². The minimum atomic E-state index is -0.447. The van der Waals surface area contributed by atoms with Crippen molar-refractivity contribution >= 4 is 12.3 Å². The van der Waals surface area contributed by atoms with Gasteiger partial charge in [0.15, 0.2) is 0 Å². The van der Waals surface area contributed by atoms with Gasteiger partial charge in [0.1, 0.15) is 6.29 Å². The minimum Gasteiger partial charge on any atom is -0.748 e. The summed E-state index contributed by atoms with van der Waals surface area (Å²) < 4.78 is 4.59. The van der Waals surface area contributed by atoms with Gasteiger partial charge in [0.2, 0.25) is 0 Å². The van der Waals surface area contributed by atoms with Crippen LogP contribution in [0.4, 0.5) is 0 Å². The van der Waals surface area contributed by atoms with Crippen LogP contribution in [0.5, 0.6) is 0 Å². The van der Waals surface area contributed by atoms with Crippen LogP contribution in [0.25, 0.3) is 0 Å². The van der Waals surface area contributed by atoms with Crippen molar-refractivity contribution in [3.63, 3.8) is 0 Å². The van der Waals surface area contributed by atoms with E-state index in [4.69, 9.17) is 0 Å². The summed E-state index contributed by atoms with van der Waals surface area (Å²) in [6, 6.07) is 17.3. The Balaban J connectivity index is 0.000000454. The third-order valence-electron chi connectivity index (χ3n) is 2.46. The number of carbonyl (C=O) groups is 2. The number of methoxy groups -OCH3 is 1. The maximum Gasteiger partial charge on any atom is 0.301 e. The van der Waals surface area contributed by atoms with Crippen LogP contribution >= 0.6 is 0 Å². The van der Waals surface area contributed by atoms with Crippen molar-refractivity contribution in [2.24, 2.45) is 0 Å². The van der Waals surface area contributed by atoms with Gasteiger partial charge in [-0.2, -0.15) is 12.1 Å². The Kier molecular flexibility index (Phi) is 9.55. The molecule has 0 aromatic heterocycles. The van der Waals surface area contributed by atoms with E-state index in [0.717, 1.165) is 11.8 Å². The largest absolute Gasteiger partial charge is 0.748 e. The molecule has 0 aliphatic heterocycles. The van der Waals surface area contributed by atoms with Gasteiger partial charge in [-0.25, -0.2) is 12.1 Å². The van der Waals surface area contributed by atoms with Crippen molar-refractivity contribution in [1.82, 2.24) is 0 Å². The molecule has 3 nitrogen and oxygen atoms in total. The summed E-state index contributed by atoms with van der Waals surface area (Å²) in [5, 5.41) is 0. The first kappa shape index (κ1) is 17.5. The Morgan fingerprint density at radius 1 is 1.21 bits per heavy atom. The Morgan fingerprint density at radius 3 is 2.05 bits per heavy atom. The van der Waals surface area contributed by atoms with Crippen molar-refractivity contribution in [2.75, 3.05) is 7.11 Å². The fourth-order valence-corrected chi connectivity index (χ4v) is 1.55. The fourth-order valence-electron chi connectivity index (χ4n) is 1.55. The quantitative estimate of drug-likeness (QED) is 0.370. The Hall–Kier alpha value is -1.54. The van der Waals surface area contributed by atoms with Crippen LogP contribution in [0.15, 0.2) is 54.6 Å². The van der Waals surface area contributed by atoms with Crippen molar-refractivity contribution in [1.29, 1.82) is 0 Å². The molecule has 0 amide bonds. The van der Waals surface area contributed by atoms with Crippen LogP contribution < -0.4 is 0 Å². The third-order valence-corrected chi connectivity index (χ3v) is 2.46. The predicted molar refractivity (Wildman–Crippen MR) is 69.5 cm³/mol. The molecule has 2 aromatic carbocycles. The molecule has 4 heteroatoms. The standard InChI is InChI=1S/C10H11O3.C5H5.Ru/c1-13-10(12)9(6-7-11)8-4-2-3-5-8;1-2-4-5-3-1;/h2-5,7,9H,6H2,1H3;1-5H;/q-1;-5;. The van der Waals surface area contributed by atoms with E-state index in [9.17, 15) is 9.59 Å². The maximum absolute atomic E-state index is 11.2. The molecule has 1 atom stereocenters. The topological polar surface area (TPSA) is 43.4 Å². The molecular weight excluding hydrogens is 329 g/mol. The number of aldehydes is 1. The number of hydrogen-bond donors (Lipinski definition) is 0. The molecule has 0 saturated heterocycles. The van der Waals surface area contributed by atoms with E-state index in [1.165, 1.54) is 7.11 Å². The van der Waals surface area contributed by atoms with Crippen LogP contribution in [0.2, 0.25) is 0 Å². The van der Waals surface area contributed by atoms with Crippen LogP contribution in [-0.2, 0) is 33.8 Å². The summed E-state index contributed by atoms with van der Waals surface area (Å²) in [6.45, 7) is 0. The number of hydrogen-bond acceptors (Lipinski definition) is 3. The van der Waals surface area contributed by atoms with Crippen LogP contribution in [0.1, 0.15) is 17.9 Å². The summed E-state index contributed by atoms with van der Waals surface area (Å²) in [5.41, 5.74) is 0.832. The first-order valence-corrected chi connectivity index (χ1v) is 5.69. The SMILES string of the molecule is COC(=O)C(CC=O)[c-]1cccc1.[Ru].[cH-]1[cH-][cH-][cH-][cH-]1. The van der Waals surface area contributed by atoms with Gasteiger partial charge in [0.05, 0.1) is 7.11 Å². The molecule has 0 saturated carbocycles. The van der Waals surface area contributed by atoms with E-state index >= 15 is 0 Å². The average Bonchev–Trinajstić information content (AvgIpc) is 3.08. The summed E-state index contributed by atoms with van der Waals surface area (Å²) in [4.78, 5) is 21.5. The van der Waals surface area contributed by atoms with Crippen molar-refractivity contribution in [2.45, 2.75) is 12.3 Å². The molecule has 0 aliphatic carbocycles. The second kappa shape index (κ2) is 10.4. The second-order valence-corrected chi connectivity index (χ2v) is 3.66. The zero-order valence-corrected chi connectivity index (χ0v) is 12.4. The first-order chi connectivity index (χ1) is 8.79. The average molecular weight is 345 g/mol. The molecule has 1 unspecified atom stereocenters. The normalized spacial score (nSPS) is 10.4. The molecule has 19 heavy (non-hydrogen) atoms. The van der Waals surface area contributed by atoms with E-state index in [2.05, 4.69) is 4.74 Å². The van der Waals surface area contributed by atoms with Gasteiger partial charge in [0, 0.05) is 31.8 Å². The van der Waals surface area contributed by atoms with Crippen LogP contribution in [0.3, 0.4) is 0 Å². The first-order valence-electron chi connectivity index (χ1n) is 5.69. The molecule has 0 spiro atoms. The van der Waals surface area contributed by atoms with E-state index in [1.807, 2.05) is 54.6 Å². The van der Waals surface area contributed by atoms with Gasteiger partial charge in [-0.1, -0.05) is 0 Å². The number of esters is 1. The summed E-state index contributed by atoms with van der Waals surface area (Å²) >= 11 is 0. The zero-order valence-electron chi connectivity index (χ0n) is 10.6. The van der Waals surface area contributed by atoms with Gasteiger partial charge < -0.3 is 39.9 Å². The molecule has 2 rings (SSSR count). The number of ether oxygens (including phenoxy) is 1. The van der Waals surface area contributed by atoms with E-state index in [0.29, 0.717) is 0 Å². The summed E-state index contributed by atoms with van der Waals surface area (Å²) in [7, 11) is 1.32. The monoisotopic (exact) mass is 346 g/mol. The summed E-state index contributed by atoms with van der Waals surface area (Å²) in [5.74, 6) is -0.809. The van der Waals surface area contributed by atoms with Gasteiger partial charge in [-0.05, 0) is 0 Å². The molecule has 0 aliphatic rings. The molecule has 0 fully saturated rings. The smallest absolute Gasteiger partial charge is 0.301 e. The Labute approximate surface area is 126 Å². The van der Waals surface area contributed by atoms with E-state index < -0.39 is 5.92 Å². The third kappa shape index (κ3) is 6.26. The Morgan fingerprint density at radius 2 is 1.68 bits per heavy atom. The molecule has 0 heterocycles. The fraction of sp³-hybridized carbons (Fsp3) is 0.200. The van der Waals surface area contributed by atoms with E-state index in [1.54, 1.807) is 0 Å². The van der Waals surface area contributed by atoms with Gasteiger partial charge in [-0.15, -0.1) is 5.56 Å². The Bertz CT molecular complexity index is 415. The zero-order chi connectivity index (χ0) is 13.2. The van der Waals surface area contributed by atoms with Crippen LogP contribution in [0, 0.1) is 0 Å². The molecule has 0 N–H and O–H groups in total. The molecule has 0 radical (unpaired) electrons. The van der Waals surface area contributed by atoms with Crippen molar-refractivity contribution in [3.05, 3.63) is 60.2 Å². The molecule has 108 valence electrons.